The van der Waals surface area contributed by atoms with Crippen LogP contribution < -0.4 is 5.32 Å². The number of rotatable bonds is 5. The summed E-state index contributed by atoms with van der Waals surface area (Å²) in [5, 5.41) is 3.33. The standard InChI is InChI=1S/C16H14F3NS/c17-13-7-6-12(8-15(13)19)21-16-10(2-1-3-14(16)18)9-20-11-4-5-11/h1-3,6-8,11,20H,4-5,9H2. The molecule has 0 radical (unpaired) electrons. The minimum atomic E-state index is -0.922. The van der Waals surface area contributed by atoms with E-state index in [1.54, 1.807) is 6.07 Å². The van der Waals surface area contributed by atoms with Gasteiger partial charge in [0.15, 0.2) is 11.6 Å². The molecule has 1 N–H and O–H groups in total. The summed E-state index contributed by atoms with van der Waals surface area (Å²) >= 11 is 1.11. The fourth-order valence-electron chi connectivity index (χ4n) is 2.01. The van der Waals surface area contributed by atoms with E-state index in [1.807, 2.05) is 6.07 Å². The maximum atomic E-state index is 14.0. The second-order valence-electron chi connectivity index (χ2n) is 5.06. The molecule has 2 aromatic carbocycles. The molecule has 1 aliphatic carbocycles. The largest absolute Gasteiger partial charge is 0.310 e. The minimum Gasteiger partial charge on any atom is -0.310 e. The van der Waals surface area contributed by atoms with Gasteiger partial charge in [-0.2, -0.15) is 0 Å². The number of benzene rings is 2. The van der Waals surface area contributed by atoms with Crippen molar-refractivity contribution >= 4 is 11.8 Å². The van der Waals surface area contributed by atoms with E-state index in [0.717, 1.165) is 42.3 Å². The lowest BCUT2D eigenvalue weighted by atomic mass is 10.2. The van der Waals surface area contributed by atoms with E-state index in [4.69, 9.17) is 0 Å². The molecule has 0 aliphatic heterocycles. The highest BCUT2D eigenvalue weighted by molar-refractivity contribution is 7.99. The summed E-state index contributed by atoms with van der Waals surface area (Å²) in [5.74, 6) is -2.17. The van der Waals surface area contributed by atoms with E-state index in [9.17, 15) is 13.2 Å². The topological polar surface area (TPSA) is 12.0 Å². The van der Waals surface area contributed by atoms with Crippen LogP contribution in [0.2, 0.25) is 0 Å². The average molecular weight is 309 g/mol. The van der Waals surface area contributed by atoms with Gasteiger partial charge in [0.1, 0.15) is 5.82 Å². The molecule has 1 aliphatic rings. The zero-order chi connectivity index (χ0) is 14.8. The lowest BCUT2D eigenvalue weighted by Crippen LogP contribution is -2.16. The van der Waals surface area contributed by atoms with Gasteiger partial charge in [0.25, 0.3) is 0 Å². The number of hydrogen-bond acceptors (Lipinski definition) is 2. The van der Waals surface area contributed by atoms with Gasteiger partial charge in [-0.05, 0) is 42.7 Å². The first kappa shape index (κ1) is 14.5. The Balaban J connectivity index is 1.83. The molecular formula is C16H14F3NS. The van der Waals surface area contributed by atoms with Gasteiger partial charge in [0.05, 0.1) is 4.90 Å². The smallest absolute Gasteiger partial charge is 0.159 e. The molecule has 5 heteroatoms. The Morgan fingerprint density at radius 3 is 2.52 bits per heavy atom. The zero-order valence-electron chi connectivity index (χ0n) is 11.2. The van der Waals surface area contributed by atoms with Crippen LogP contribution in [0.25, 0.3) is 0 Å². The highest BCUT2D eigenvalue weighted by Crippen LogP contribution is 2.34. The Morgan fingerprint density at radius 1 is 1.00 bits per heavy atom. The Labute approximate surface area is 125 Å². The maximum absolute atomic E-state index is 14.0. The van der Waals surface area contributed by atoms with Crippen molar-refractivity contribution in [1.29, 1.82) is 0 Å². The van der Waals surface area contributed by atoms with Gasteiger partial charge in [0, 0.05) is 17.5 Å². The van der Waals surface area contributed by atoms with Crippen molar-refractivity contribution in [1.82, 2.24) is 5.32 Å². The van der Waals surface area contributed by atoms with E-state index in [1.165, 1.54) is 12.1 Å². The van der Waals surface area contributed by atoms with E-state index < -0.39 is 11.6 Å². The first-order chi connectivity index (χ1) is 10.1. The van der Waals surface area contributed by atoms with Crippen LogP contribution in [0, 0.1) is 17.5 Å². The third kappa shape index (κ3) is 3.60. The monoisotopic (exact) mass is 309 g/mol. The molecule has 0 saturated heterocycles. The molecular weight excluding hydrogens is 295 g/mol. The summed E-state index contributed by atoms with van der Waals surface area (Å²) in [6, 6.07) is 9.01. The fraction of sp³-hybridized carbons (Fsp3) is 0.250. The van der Waals surface area contributed by atoms with Gasteiger partial charge >= 0.3 is 0 Å². The average Bonchev–Trinajstić information content (AvgIpc) is 3.28. The second kappa shape index (κ2) is 6.12. The van der Waals surface area contributed by atoms with Crippen molar-refractivity contribution in [3.63, 3.8) is 0 Å². The van der Waals surface area contributed by atoms with Crippen LogP contribution in [0.3, 0.4) is 0 Å². The molecule has 0 unspecified atom stereocenters. The molecule has 21 heavy (non-hydrogen) atoms. The van der Waals surface area contributed by atoms with Gasteiger partial charge in [-0.15, -0.1) is 0 Å². The van der Waals surface area contributed by atoms with Crippen molar-refractivity contribution in [3.8, 4) is 0 Å². The number of halogens is 3. The molecule has 2 aromatic rings. The third-order valence-corrected chi connectivity index (χ3v) is 4.47. The van der Waals surface area contributed by atoms with Crippen molar-refractivity contribution in [3.05, 3.63) is 59.4 Å². The molecule has 0 amide bonds. The fourth-order valence-corrected chi connectivity index (χ4v) is 2.98. The van der Waals surface area contributed by atoms with E-state index in [0.29, 0.717) is 22.4 Å². The highest BCUT2D eigenvalue weighted by Gasteiger charge is 2.21. The molecule has 0 spiro atoms. The van der Waals surface area contributed by atoms with E-state index in [-0.39, 0.29) is 5.82 Å². The second-order valence-corrected chi connectivity index (χ2v) is 6.15. The molecule has 0 atom stereocenters. The van der Waals surface area contributed by atoms with Gasteiger partial charge in [-0.3, -0.25) is 0 Å². The third-order valence-electron chi connectivity index (χ3n) is 3.32. The SMILES string of the molecule is Fc1ccc(Sc2c(F)cccc2CNC2CC2)cc1F. The maximum Gasteiger partial charge on any atom is 0.159 e. The van der Waals surface area contributed by atoms with Gasteiger partial charge < -0.3 is 5.32 Å². The Kier molecular flexibility index (Phi) is 4.22. The van der Waals surface area contributed by atoms with Crippen LogP contribution in [0.5, 0.6) is 0 Å². The van der Waals surface area contributed by atoms with Crippen LogP contribution in [-0.4, -0.2) is 6.04 Å². The molecule has 0 aromatic heterocycles. The van der Waals surface area contributed by atoms with Crippen molar-refractivity contribution < 1.29 is 13.2 Å². The zero-order valence-corrected chi connectivity index (χ0v) is 12.0. The first-order valence-corrected chi connectivity index (χ1v) is 7.59. The van der Waals surface area contributed by atoms with Crippen LogP contribution in [0.1, 0.15) is 18.4 Å². The van der Waals surface area contributed by atoms with Gasteiger partial charge in [0.2, 0.25) is 0 Å². The van der Waals surface area contributed by atoms with Crippen molar-refractivity contribution in [2.24, 2.45) is 0 Å². The molecule has 1 saturated carbocycles. The lowest BCUT2D eigenvalue weighted by Gasteiger charge is -2.11. The van der Waals surface area contributed by atoms with Gasteiger partial charge in [-0.25, -0.2) is 13.2 Å². The predicted molar refractivity (Wildman–Crippen MR) is 76.7 cm³/mol. The summed E-state index contributed by atoms with van der Waals surface area (Å²) in [7, 11) is 0. The number of hydrogen-bond donors (Lipinski definition) is 1. The molecule has 110 valence electrons. The van der Waals surface area contributed by atoms with Gasteiger partial charge in [-0.1, -0.05) is 23.9 Å². The lowest BCUT2D eigenvalue weighted by molar-refractivity contribution is 0.506. The predicted octanol–water partition coefficient (Wildman–Crippen LogP) is 4.51. The highest BCUT2D eigenvalue weighted by atomic mass is 32.2. The first-order valence-electron chi connectivity index (χ1n) is 6.77. The quantitative estimate of drug-likeness (QED) is 0.872. The summed E-state index contributed by atoms with van der Waals surface area (Å²) in [5.41, 5.74) is 0.830. The molecule has 3 rings (SSSR count). The van der Waals surface area contributed by atoms with Crippen LogP contribution in [-0.2, 0) is 6.54 Å². The number of nitrogens with one attached hydrogen (secondary N) is 1. The summed E-state index contributed by atoms with van der Waals surface area (Å²) in [6.45, 7) is 0.578. The molecule has 0 bridgehead atoms. The Morgan fingerprint density at radius 2 is 1.81 bits per heavy atom. The summed E-state index contributed by atoms with van der Waals surface area (Å²) in [6.07, 6.45) is 2.31. The molecule has 1 nitrogen and oxygen atoms in total. The van der Waals surface area contributed by atoms with E-state index >= 15 is 0 Å². The van der Waals surface area contributed by atoms with Crippen molar-refractivity contribution in [2.45, 2.75) is 35.2 Å². The van der Waals surface area contributed by atoms with E-state index in [2.05, 4.69) is 5.32 Å². The van der Waals surface area contributed by atoms with Crippen LogP contribution >= 0.6 is 11.8 Å². The minimum absolute atomic E-state index is 0.347. The summed E-state index contributed by atoms with van der Waals surface area (Å²) in [4.78, 5) is 0.934. The Hall–Kier alpha value is -1.46. The molecule has 0 heterocycles. The van der Waals surface area contributed by atoms with Crippen LogP contribution in [0.4, 0.5) is 13.2 Å². The summed E-state index contributed by atoms with van der Waals surface area (Å²) < 4.78 is 40.2. The molecule has 1 fully saturated rings. The normalized spacial score (nSPS) is 14.4. The Bertz CT molecular complexity index is 656. The van der Waals surface area contributed by atoms with Crippen LogP contribution in [0.15, 0.2) is 46.2 Å². The van der Waals surface area contributed by atoms with Crippen molar-refractivity contribution in [2.75, 3.05) is 0 Å².